The third kappa shape index (κ3) is 5.04. The fourth-order valence-corrected chi connectivity index (χ4v) is 5.06. The molecule has 0 saturated heterocycles. The number of carbonyl (C=O) groups excluding carboxylic acids is 2. The zero-order valence-corrected chi connectivity index (χ0v) is 20.4. The molecule has 0 bridgehead atoms. The maximum absolute atomic E-state index is 13.4. The molecule has 10 heteroatoms. The zero-order chi connectivity index (χ0) is 26.7. The summed E-state index contributed by atoms with van der Waals surface area (Å²) in [5, 5.41) is 22.3. The van der Waals surface area contributed by atoms with E-state index < -0.39 is 11.4 Å². The molecule has 0 unspecified atom stereocenters. The zero-order valence-electron chi connectivity index (χ0n) is 20.4. The molecule has 3 aromatic rings. The number of benzene rings is 2. The second kappa shape index (κ2) is 10.3. The van der Waals surface area contributed by atoms with Gasteiger partial charge in [-0.05, 0) is 67.6 Å². The second-order valence-electron chi connectivity index (χ2n) is 9.48. The first-order chi connectivity index (χ1) is 18.4. The van der Waals surface area contributed by atoms with Gasteiger partial charge in [-0.1, -0.05) is 12.1 Å². The summed E-state index contributed by atoms with van der Waals surface area (Å²) in [6, 6.07) is 13.6. The van der Waals surface area contributed by atoms with E-state index in [0.717, 1.165) is 11.1 Å². The van der Waals surface area contributed by atoms with Crippen LogP contribution in [0.15, 0.2) is 54.7 Å². The summed E-state index contributed by atoms with van der Waals surface area (Å²) in [6.07, 6.45) is 3.68. The van der Waals surface area contributed by atoms with Crippen LogP contribution in [0, 0.1) is 12.5 Å². The highest BCUT2D eigenvalue weighted by atomic mass is 16.5. The Labute approximate surface area is 218 Å². The molecule has 1 saturated carbocycles. The molecule has 5 rings (SSSR count). The number of nitrogens with one attached hydrogen (secondary N) is 2. The number of fused-ring (bicyclic) bond motifs is 2. The molecular weight excluding hydrogens is 486 g/mol. The van der Waals surface area contributed by atoms with Crippen molar-refractivity contribution < 1.29 is 24.2 Å². The predicted octanol–water partition coefficient (Wildman–Crippen LogP) is 4.37. The number of aromatic nitrogens is 2. The number of anilines is 2. The molecule has 1 aromatic heterocycles. The maximum Gasteiger partial charge on any atom is 0.303 e. The minimum absolute atomic E-state index is 0.0211. The van der Waals surface area contributed by atoms with Gasteiger partial charge in [-0.3, -0.25) is 14.4 Å². The Bertz CT molecular complexity index is 1450. The number of carbonyl (C=O) groups is 3. The van der Waals surface area contributed by atoms with Crippen LogP contribution < -0.4 is 15.4 Å². The second-order valence-corrected chi connectivity index (χ2v) is 9.48. The molecule has 38 heavy (non-hydrogen) atoms. The minimum Gasteiger partial charge on any atom is -0.493 e. The molecule has 1 aliphatic heterocycles. The summed E-state index contributed by atoms with van der Waals surface area (Å²) < 4.78 is 5.84. The number of amides is 2. The topological polar surface area (TPSA) is 135 Å². The molecule has 2 atom stereocenters. The van der Waals surface area contributed by atoms with Gasteiger partial charge in [0.15, 0.2) is 11.5 Å². The van der Waals surface area contributed by atoms with Crippen molar-refractivity contribution >= 4 is 35.0 Å². The van der Waals surface area contributed by atoms with E-state index in [2.05, 4.69) is 25.7 Å². The van der Waals surface area contributed by atoms with E-state index in [9.17, 15) is 14.4 Å². The van der Waals surface area contributed by atoms with Crippen LogP contribution >= 0.6 is 0 Å². The lowest BCUT2D eigenvalue weighted by Gasteiger charge is -2.27. The number of hydrogen-bond donors (Lipinski definition) is 3. The number of aliphatic carboxylic acids is 1. The Hall–Kier alpha value is -4.78. The molecule has 1 spiro atoms. The highest BCUT2D eigenvalue weighted by Gasteiger charge is 2.61. The van der Waals surface area contributed by atoms with Gasteiger partial charge in [-0.15, -0.1) is 5.10 Å². The number of rotatable bonds is 8. The van der Waals surface area contributed by atoms with Crippen molar-refractivity contribution in [1.82, 2.24) is 10.2 Å². The van der Waals surface area contributed by atoms with Crippen LogP contribution in [0.25, 0.3) is 4.85 Å². The first kappa shape index (κ1) is 24.9. The molecule has 2 amide bonds. The fourth-order valence-electron chi connectivity index (χ4n) is 5.06. The Balaban J connectivity index is 1.35. The summed E-state index contributed by atoms with van der Waals surface area (Å²) in [7, 11) is 0. The van der Waals surface area contributed by atoms with Gasteiger partial charge < -0.3 is 20.5 Å². The Morgan fingerprint density at radius 1 is 1.16 bits per heavy atom. The van der Waals surface area contributed by atoms with Crippen molar-refractivity contribution in [3.63, 3.8) is 0 Å². The van der Waals surface area contributed by atoms with Crippen molar-refractivity contribution in [2.45, 2.75) is 37.5 Å². The van der Waals surface area contributed by atoms with Crippen LogP contribution in [0.4, 0.5) is 17.2 Å². The summed E-state index contributed by atoms with van der Waals surface area (Å²) in [5.41, 5.74) is 2.52. The van der Waals surface area contributed by atoms with Crippen LogP contribution in [0.5, 0.6) is 5.75 Å². The lowest BCUT2D eigenvalue weighted by molar-refractivity contribution is -0.137. The molecule has 1 fully saturated rings. The van der Waals surface area contributed by atoms with E-state index in [1.54, 1.807) is 48.5 Å². The van der Waals surface area contributed by atoms with Gasteiger partial charge in [0.25, 0.3) is 5.91 Å². The van der Waals surface area contributed by atoms with E-state index >= 15 is 0 Å². The summed E-state index contributed by atoms with van der Waals surface area (Å²) in [5.74, 6) is -0.715. The molecule has 2 aromatic carbocycles. The van der Waals surface area contributed by atoms with Crippen LogP contribution in [-0.2, 0) is 21.4 Å². The van der Waals surface area contributed by atoms with Gasteiger partial charge in [0.05, 0.1) is 13.2 Å². The van der Waals surface area contributed by atoms with Gasteiger partial charge in [0, 0.05) is 40.8 Å². The lowest BCUT2D eigenvalue weighted by Crippen LogP contribution is -2.27. The van der Waals surface area contributed by atoms with E-state index in [-0.39, 0.29) is 24.2 Å². The van der Waals surface area contributed by atoms with Crippen molar-refractivity contribution in [1.29, 1.82) is 0 Å². The molecule has 2 aliphatic rings. The molecular formula is C28H25N5O5. The van der Waals surface area contributed by atoms with Crippen LogP contribution in [0.1, 0.15) is 47.2 Å². The summed E-state index contributed by atoms with van der Waals surface area (Å²) in [6.45, 7) is 7.79. The number of nitrogens with zero attached hydrogens (tertiary/aromatic N) is 3. The van der Waals surface area contributed by atoms with Crippen molar-refractivity contribution in [3.05, 3.63) is 82.8 Å². The molecule has 0 radical (unpaired) electrons. The molecule has 1 aliphatic carbocycles. The van der Waals surface area contributed by atoms with Crippen LogP contribution in [0.2, 0.25) is 0 Å². The number of carboxylic acid groups (broad SMARTS) is 1. The fraction of sp³-hybridized carbons (Fsp3) is 0.286. The molecule has 2 heterocycles. The minimum atomic E-state index is -0.879. The third-order valence-corrected chi connectivity index (χ3v) is 7.11. The molecule has 3 N–H and O–H groups in total. The van der Waals surface area contributed by atoms with Gasteiger partial charge in [0.1, 0.15) is 5.75 Å². The Morgan fingerprint density at radius 3 is 2.79 bits per heavy atom. The average molecular weight is 512 g/mol. The van der Waals surface area contributed by atoms with Gasteiger partial charge >= 0.3 is 5.97 Å². The largest absolute Gasteiger partial charge is 0.493 e. The van der Waals surface area contributed by atoms with Crippen LogP contribution in [0.3, 0.4) is 0 Å². The van der Waals surface area contributed by atoms with E-state index in [1.165, 1.54) is 6.20 Å². The van der Waals surface area contributed by atoms with E-state index in [4.69, 9.17) is 16.4 Å². The average Bonchev–Trinajstić information content (AvgIpc) is 3.64. The third-order valence-electron chi connectivity index (χ3n) is 7.11. The molecule has 192 valence electrons. The van der Waals surface area contributed by atoms with E-state index in [1.807, 2.05) is 0 Å². The standard InChI is InChI=1S/C28H25N5O5/c1-29-19-9-7-17(4-2-6-25(34)35)22(15-19)31-27(37)21-16-28(21)11-13-38-23-10-8-18(14-20(23)28)26(36)32-24-5-3-12-30-33-24/h3,5,7-10,12,14-15,21H,2,4,6,11,13,16H2,(H,31,37)(H,34,35)(H,32,33,36)/t21-,28-/m0/s1. The predicted molar refractivity (Wildman–Crippen MR) is 138 cm³/mol. The number of carboxylic acids is 1. The van der Waals surface area contributed by atoms with E-state index in [0.29, 0.717) is 60.8 Å². The number of aryl methyl sites for hydroxylation is 1. The maximum atomic E-state index is 13.4. The summed E-state index contributed by atoms with van der Waals surface area (Å²) >= 11 is 0. The van der Waals surface area contributed by atoms with Crippen LogP contribution in [-0.4, -0.2) is 39.7 Å². The highest BCUT2D eigenvalue weighted by Crippen LogP contribution is 2.61. The number of hydrogen-bond acceptors (Lipinski definition) is 6. The smallest absolute Gasteiger partial charge is 0.303 e. The highest BCUT2D eigenvalue weighted by molar-refractivity contribution is 6.04. The first-order valence-corrected chi connectivity index (χ1v) is 12.3. The Kier molecular flexibility index (Phi) is 6.75. The van der Waals surface area contributed by atoms with Crippen molar-refractivity contribution in [2.75, 3.05) is 17.2 Å². The summed E-state index contributed by atoms with van der Waals surface area (Å²) in [4.78, 5) is 40.7. The quantitative estimate of drug-likeness (QED) is 0.382. The monoisotopic (exact) mass is 511 g/mol. The van der Waals surface area contributed by atoms with Crippen molar-refractivity contribution in [2.24, 2.45) is 5.92 Å². The van der Waals surface area contributed by atoms with Gasteiger partial charge in [-0.2, -0.15) is 5.10 Å². The SMILES string of the molecule is [C-]#[N+]c1ccc(CCCC(=O)O)c(NC(=O)[C@@H]2C[C@]23CCOc2ccc(C(=O)Nc4cccnn4)cc23)c1. The lowest BCUT2D eigenvalue weighted by atomic mass is 9.86. The Morgan fingerprint density at radius 2 is 2.03 bits per heavy atom. The first-order valence-electron chi connectivity index (χ1n) is 12.3. The van der Waals surface area contributed by atoms with Gasteiger partial charge in [0.2, 0.25) is 5.91 Å². The normalized spacial score (nSPS) is 19.0. The van der Waals surface area contributed by atoms with Gasteiger partial charge in [-0.25, -0.2) is 4.85 Å². The number of ether oxygens (including phenoxy) is 1. The van der Waals surface area contributed by atoms with Crippen molar-refractivity contribution in [3.8, 4) is 5.75 Å². The molecule has 10 nitrogen and oxygen atoms in total.